The molecule has 5 heteroatoms. The van der Waals surface area contributed by atoms with Gasteiger partial charge in [-0.3, -0.25) is 4.79 Å². The lowest BCUT2D eigenvalue weighted by Crippen LogP contribution is -2.35. The number of benzene rings is 1. The Morgan fingerprint density at radius 1 is 1.32 bits per heavy atom. The summed E-state index contributed by atoms with van der Waals surface area (Å²) in [5.74, 6) is 0.338. The zero-order chi connectivity index (χ0) is 16.7. The van der Waals surface area contributed by atoms with Crippen molar-refractivity contribution >= 4 is 16.9 Å². The molecule has 120 valence electrons. The number of nitrogens with one attached hydrogen (secondary N) is 1. The number of nitrogens with zero attached hydrogens (tertiary/aromatic N) is 2. The van der Waals surface area contributed by atoms with Gasteiger partial charge >= 0.3 is 0 Å². The molecule has 1 aromatic heterocycles. The van der Waals surface area contributed by atoms with E-state index < -0.39 is 6.04 Å². The smallest absolute Gasteiger partial charge is 0.226 e. The van der Waals surface area contributed by atoms with Crippen molar-refractivity contribution in [1.82, 2.24) is 14.9 Å². The van der Waals surface area contributed by atoms with Crippen LogP contribution in [0.3, 0.4) is 0 Å². The molecule has 0 aliphatic carbocycles. The SMILES string of the molecule is C[C@@H](C(=O)N(C)C)[C@H](N)c1nc2cc(C(C)(C)C)ccc2[nH]1. The minimum absolute atomic E-state index is 0.00309. The van der Waals surface area contributed by atoms with E-state index in [1.165, 1.54) is 5.56 Å². The van der Waals surface area contributed by atoms with E-state index >= 15 is 0 Å². The number of imidazole rings is 1. The standard InChI is InChI=1S/C17H26N4O/c1-10(16(22)21(5)6)14(18)15-19-12-8-7-11(17(2,3)4)9-13(12)20-15/h7-10,14H,18H2,1-6H3,(H,19,20)/t10-,14+/m1/s1. The van der Waals surface area contributed by atoms with Crippen LogP contribution in [0.5, 0.6) is 0 Å². The zero-order valence-electron chi connectivity index (χ0n) is 14.3. The van der Waals surface area contributed by atoms with Gasteiger partial charge in [0.25, 0.3) is 0 Å². The lowest BCUT2D eigenvalue weighted by molar-refractivity contribution is -0.133. The first-order valence-corrected chi connectivity index (χ1v) is 7.58. The van der Waals surface area contributed by atoms with Gasteiger partial charge in [0.05, 0.1) is 23.0 Å². The number of H-pyrrole nitrogens is 1. The van der Waals surface area contributed by atoms with Crippen LogP contribution in [0.1, 0.15) is 45.1 Å². The summed E-state index contributed by atoms with van der Waals surface area (Å²) in [6.45, 7) is 8.35. The van der Waals surface area contributed by atoms with Crippen LogP contribution in [0.25, 0.3) is 11.0 Å². The fourth-order valence-electron chi connectivity index (χ4n) is 2.45. The van der Waals surface area contributed by atoms with Crippen LogP contribution in [0.4, 0.5) is 0 Å². The molecule has 2 aromatic rings. The largest absolute Gasteiger partial charge is 0.349 e. The number of amides is 1. The number of hydrogen-bond donors (Lipinski definition) is 2. The van der Waals surface area contributed by atoms with E-state index in [0.29, 0.717) is 5.82 Å². The average Bonchev–Trinajstić information content (AvgIpc) is 2.86. The van der Waals surface area contributed by atoms with Crippen LogP contribution >= 0.6 is 0 Å². The van der Waals surface area contributed by atoms with E-state index in [1.807, 2.05) is 13.0 Å². The molecular formula is C17H26N4O. The van der Waals surface area contributed by atoms with Gasteiger partial charge in [-0.25, -0.2) is 4.98 Å². The maximum absolute atomic E-state index is 12.1. The first-order chi connectivity index (χ1) is 10.1. The maximum atomic E-state index is 12.1. The van der Waals surface area contributed by atoms with Crippen LogP contribution in [0.2, 0.25) is 0 Å². The van der Waals surface area contributed by atoms with Crippen molar-refractivity contribution in [3.8, 4) is 0 Å². The highest BCUT2D eigenvalue weighted by molar-refractivity contribution is 5.79. The number of aromatic amines is 1. The van der Waals surface area contributed by atoms with Gasteiger partial charge in [-0.1, -0.05) is 33.8 Å². The van der Waals surface area contributed by atoms with Crippen LogP contribution in [0.15, 0.2) is 18.2 Å². The van der Waals surface area contributed by atoms with E-state index in [-0.39, 0.29) is 17.2 Å². The molecule has 0 saturated carbocycles. The van der Waals surface area contributed by atoms with Crippen LogP contribution in [-0.2, 0) is 10.2 Å². The summed E-state index contributed by atoms with van der Waals surface area (Å²) in [4.78, 5) is 21.5. The normalized spacial score (nSPS) is 14.9. The molecule has 1 amide bonds. The van der Waals surface area contributed by atoms with Crippen molar-refractivity contribution in [2.75, 3.05) is 14.1 Å². The first kappa shape index (κ1) is 16.5. The van der Waals surface area contributed by atoms with E-state index in [4.69, 9.17) is 5.73 Å². The second kappa shape index (κ2) is 5.72. The third-order valence-corrected chi connectivity index (χ3v) is 4.05. The molecule has 0 bridgehead atoms. The van der Waals surface area contributed by atoms with Gasteiger partial charge in [0.15, 0.2) is 0 Å². The number of aromatic nitrogens is 2. The Labute approximate surface area is 131 Å². The minimum Gasteiger partial charge on any atom is -0.349 e. The minimum atomic E-state index is -0.444. The van der Waals surface area contributed by atoms with Gasteiger partial charge in [-0.2, -0.15) is 0 Å². The predicted octanol–water partition coefficient (Wildman–Crippen LogP) is 2.58. The topological polar surface area (TPSA) is 75.0 Å². The Balaban J connectivity index is 2.35. The summed E-state index contributed by atoms with van der Waals surface area (Å²) in [6, 6.07) is 5.77. The van der Waals surface area contributed by atoms with Crippen molar-refractivity contribution in [2.24, 2.45) is 11.7 Å². The molecule has 0 saturated heterocycles. The van der Waals surface area contributed by atoms with Crippen LogP contribution < -0.4 is 5.73 Å². The fraction of sp³-hybridized carbons (Fsp3) is 0.529. The zero-order valence-corrected chi connectivity index (χ0v) is 14.3. The summed E-state index contributed by atoms with van der Waals surface area (Å²) in [5, 5.41) is 0. The van der Waals surface area contributed by atoms with Crippen molar-refractivity contribution in [3.63, 3.8) is 0 Å². The molecule has 0 unspecified atom stereocenters. The summed E-state index contributed by atoms with van der Waals surface area (Å²) in [7, 11) is 3.47. The summed E-state index contributed by atoms with van der Waals surface area (Å²) in [6.07, 6.45) is 0. The predicted molar refractivity (Wildman–Crippen MR) is 89.6 cm³/mol. The third kappa shape index (κ3) is 3.14. The highest BCUT2D eigenvalue weighted by Gasteiger charge is 2.26. The quantitative estimate of drug-likeness (QED) is 0.915. The third-order valence-electron chi connectivity index (χ3n) is 4.05. The maximum Gasteiger partial charge on any atom is 0.226 e. The van der Waals surface area contributed by atoms with Gasteiger partial charge < -0.3 is 15.6 Å². The van der Waals surface area contributed by atoms with E-state index in [0.717, 1.165) is 11.0 Å². The number of nitrogens with two attached hydrogens (primary N) is 1. The molecule has 0 spiro atoms. The molecule has 1 heterocycles. The van der Waals surface area contributed by atoms with Crippen LogP contribution in [-0.4, -0.2) is 34.9 Å². The number of fused-ring (bicyclic) bond motifs is 1. The second-order valence-corrected chi connectivity index (χ2v) is 7.15. The van der Waals surface area contributed by atoms with Crippen molar-refractivity contribution < 1.29 is 4.79 Å². The number of carbonyl (C=O) groups is 1. The van der Waals surface area contributed by atoms with Crippen LogP contribution in [0, 0.1) is 5.92 Å². The van der Waals surface area contributed by atoms with Crippen molar-refractivity contribution in [2.45, 2.75) is 39.2 Å². The van der Waals surface area contributed by atoms with Gasteiger partial charge in [0.1, 0.15) is 5.82 Å². The van der Waals surface area contributed by atoms with Gasteiger partial charge in [0, 0.05) is 14.1 Å². The van der Waals surface area contributed by atoms with Crippen molar-refractivity contribution in [1.29, 1.82) is 0 Å². The molecule has 1 aromatic carbocycles. The Morgan fingerprint density at radius 3 is 2.50 bits per heavy atom. The Morgan fingerprint density at radius 2 is 1.95 bits per heavy atom. The average molecular weight is 302 g/mol. The molecular weight excluding hydrogens is 276 g/mol. The summed E-state index contributed by atoms with van der Waals surface area (Å²) < 4.78 is 0. The van der Waals surface area contributed by atoms with Gasteiger partial charge in [-0.15, -0.1) is 0 Å². The summed E-state index contributed by atoms with van der Waals surface area (Å²) in [5.41, 5.74) is 9.36. The molecule has 22 heavy (non-hydrogen) atoms. The monoisotopic (exact) mass is 302 g/mol. The number of carbonyl (C=O) groups excluding carboxylic acids is 1. The molecule has 0 aliphatic rings. The first-order valence-electron chi connectivity index (χ1n) is 7.58. The van der Waals surface area contributed by atoms with E-state index in [9.17, 15) is 4.79 Å². The van der Waals surface area contributed by atoms with Gasteiger partial charge in [0.2, 0.25) is 5.91 Å². The van der Waals surface area contributed by atoms with E-state index in [1.54, 1.807) is 19.0 Å². The van der Waals surface area contributed by atoms with Crippen molar-refractivity contribution in [3.05, 3.63) is 29.6 Å². The molecule has 3 N–H and O–H groups in total. The fourth-order valence-corrected chi connectivity index (χ4v) is 2.45. The molecule has 5 nitrogen and oxygen atoms in total. The Hall–Kier alpha value is -1.88. The highest BCUT2D eigenvalue weighted by Crippen LogP contribution is 2.27. The number of hydrogen-bond acceptors (Lipinski definition) is 3. The molecule has 0 fully saturated rings. The number of rotatable bonds is 3. The molecule has 2 atom stereocenters. The Kier molecular flexibility index (Phi) is 4.29. The lowest BCUT2D eigenvalue weighted by Gasteiger charge is -2.20. The highest BCUT2D eigenvalue weighted by atomic mass is 16.2. The molecule has 0 aliphatic heterocycles. The van der Waals surface area contributed by atoms with E-state index in [2.05, 4.69) is 42.9 Å². The summed E-state index contributed by atoms with van der Waals surface area (Å²) >= 11 is 0. The van der Waals surface area contributed by atoms with Gasteiger partial charge in [-0.05, 0) is 23.1 Å². The molecule has 0 radical (unpaired) electrons. The lowest BCUT2D eigenvalue weighted by atomic mass is 9.87. The second-order valence-electron chi connectivity index (χ2n) is 7.15. The Bertz CT molecular complexity index is 682. The molecule has 2 rings (SSSR count).